The Morgan fingerprint density at radius 3 is 2.64 bits per heavy atom. The molecule has 3 nitrogen and oxygen atoms in total. The molecule has 0 radical (unpaired) electrons. The van der Waals surface area contributed by atoms with Gasteiger partial charge in [-0.15, -0.1) is 0 Å². The summed E-state index contributed by atoms with van der Waals surface area (Å²) in [6.07, 6.45) is 8.26. The number of rotatable bonds is 1. The van der Waals surface area contributed by atoms with Gasteiger partial charge in [-0.3, -0.25) is 0 Å². The maximum Gasteiger partial charge on any atom is 0.132 e. The van der Waals surface area contributed by atoms with Crippen LogP contribution in [-0.4, -0.2) is 43.1 Å². The predicted molar refractivity (Wildman–Crippen MR) is 104 cm³/mol. The Morgan fingerprint density at radius 1 is 0.960 bits per heavy atom. The van der Waals surface area contributed by atoms with Gasteiger partial charge in [0.25, 0.3) is 0 Å². The summed E-state index contributed by atoms with van der Waals surface area (Å²) in [6.45, 7) is 4.52. The summed E-state index contributed by atoms with van der Waals surface area (Å²) in [6, 6.07) is 8.90. The van der Waals surface area contributed by atoms with Crippen LogP contribution in [0.3, 0.4) is 0 Å². The van der Waals surface area contributed by atoms with Crippen LogP contribution in [0.1, 0.15) is 49.1 Å². The van der Waals surface area contributed by atoms with E-state index in [1.165, 1.54) is 55.2 Å². The molecule has 5 rings (SSSR count). The van der Waals surface area contributed by atoms with E-state index in [0.717, 1.165) is 38.0 Å². The normalized spacial score (nSPS) is 27.2. The second kappa shape index (κ2) is 6.28. The lowest BCUT2D eigenvalue weighted by Crippen LogP contribution is -2.45. The summed E-state index contributed by atoms with van der Waals surface area (Å²) in [5.74, 6) is 3.00. The van der Waals surface area contributed by atoms with E-state index < -0.39 is 0 Å². The summed E-state index contributed by atoms with van der Waals surface area (Å²) >= 11 is 0. The molecule has 132 valence electrons. The first kappa shape index (κ1) is 15.6. The fourth-order valence-corrected chi connectivity index (χ4v) is 5.48. The van der Waals surface area contributed by atoms with Crippen molar-refractivity contribution >= 4 is 16.7 Å². The smallest absolute Gasteiger partial charge is 0.132 e. The number of pyridine rings is 1. The van der Waals surface area contributed by atoms with Crippen molar-refractivity contribution in [1.29, 1.82) is 0 Å². The molecule has 1 aromatic carbocycles. The van der Waals surface area contributed by atoms with Gasteiger partial charge < -0.3 is 9.80 Å². The number of anilines is 1. The quantitative estimate of drug-likeness (QED) is 0.778. The van der Waals surface area contributed by atoms with Crippen LogP contribution >= 0.6 is 0 Å². The minimum atomic E-state index is 0.775. The molecule has 2 fully saturated rings. The Bertz CT molecular complexity index is 776. The Hall–Kier alpha value is -1.61. The van der Waals surface area contributed by atoms with E-state index in [0.29, 0.717) is 0 Å². The van der Waals surface area contributed by atoms with Crippen molar-refractivity contribution in [2.75, 3.05) is 38.1 Å². The Morgan fingerprint density at radius 2 is 1.76 bits per heavy atom. The highest BCUT2D eigenvalue weighted by molar-refractivity contribution is 5.87. The van der Waals surface area contributed by atoms with Gasteiger partial charge in [0.2, 0.25) is 0 Å². The number of benzene rings is 1. The maximum atomic E-state index is 5.18. The van der Waals surface area contributed by atoms with Crippen molar-refractivity contribution in [3.8, 4) is 0 Å². The van der Waals surface area contributed by atoms with E-state index in [1.54, 1.807) is 11.1 Å². The molecule has 0 unspecified atom stereocenters. The van der Waals surface area contributed by atoms with E-state index in [-0.39, 0.29) is 0 Å². The lowest BCUT2D eigenvalue weighted by atomic mass is 9.67. The summed E-state index contributed by atoms with van der Waals surface area (Å²) in [7, 11) is 2.23. The van der Waals surface area contributed by atoms with Crippen LogP contribution in [0.2, 0.25) is 0 Å². The van der Waals surface area contributed by atoms with Gasteiger partial charge in [-0.1, -0.05) is 31.0 Å². The van der Waals surface area contributed by atoms with Gasteiger partial charge in [-0.25, -0.2) is 4.98 Å². The third kappa shape index (κ3) is 2.64. The number of para-hydroxylation sites is 1. The minimum Gasteiger partial charge on any atom is -0.354 e. The van der Waals surface area contributed by atoms with Crippen LogP contribution < -0.4 is 4.90 Å². The molecule has 0 amide bonds. The molecule has 2 aromatic rings. The summed E-state index contributed by atoms with van der Waals surface area (Å²) in [4.78, 5) is 10.2. The van der Waals surface area contributed by atoms with E-state index >= 15 is 0 Å². The number of hydrogen-bond acceptors (Lipinski definition) is 3. The van der Waals surface area contributed by atoms with Crippen molar-refractivity contribution in [1.82, 2.24) is 9.88 Å². The van der Waals surface area contributed by atoms with Crippen molar-refractivity contribution < 1.29 is 0 Å². The van der Waals surface area contributed by atoms with E-state index in [9.17, 15) is 0 Å². The van der Waals surface area contributed by atoms with Gasteiger partial charge in [0.1, 0.15) is 5.82 Å². The Labute approximate surface area is 151 Å². The first-order valence-electron chi connectivity index (χ1n) is 10.2. The van der Waals surface area contributed by atoms with E-state index in [4.69, 9.17) is 4.98 Å². The van der Waals surface area contributed by atoms with Crippen LogP contribution in [0, 0.1) is 5.92 Å². The van der Waals surface area contributed by atoms with Crippen LogP contribution in [0.4, 0.5) is 5.82 Å². The van der Waals surface area contributed by atoms with Crippen LogP contribution in [-0.2, 0) is 6.42 Å². The predicted octanol–water partition coefficient (Wildman–Crippen LogP) is 4.21. The standard InChI is InChI=1S/C22H29N3/c1-24-12-14-25(15-13-24)22-19-11-10-16-6-2-3-7-17(16)21(19)18-8-4-5-9-20(18)23-22/h4-5,8-9,16-17H,2-3,6-7,10-15H2,1H3/t16-,17+/m0/s1. The molecule has 1 aliphatic heterocycles. The molecule has 2 atom stereocenters. The van der Waals surface area contributed by atoms with Gasteiger partial charge >= 0.3 is 0 Å². The zero-order valence-corrected chi connectivity index (χ0v) is 15.4. The van der Waals surface area contributed by atoms with E-state index in [2.05, 4.69) is 41.1 Å². The van der Waals surface area contributed by atoms with Crippen LogP contribution in [0.15, 0.2) is 24.3 Å². The molecule has 0 bridgehead atoms. The number of hydrogen-bond donors (Lipinski definition) is 0. The molecule has 0 spiro atoms. The topological polar surface area (TPSA) is 19.4 Å². The second-order valence-corrected chi connectivity index (χ2v) is 8.32. The molecule has 25 heavy (non-hydrogen) atoms. The molecule has 1 saturated carbocycles. The van der Waals surface area contributed by atoms with Crippen LogP contribution in [0.25, 0.3) is 10.9 Å². The molecule has 2 aliphatic carbocycles. The lowest BCUT2D eigenvalue weighted by molar-refractivity contribution is 0.276. The summed E-state index contributed by atoms with van der Waals surface area (Å²) in [5, 5.41) is 1.44. The number of piperazine rings is 1. The lowest BCUT2D eigenvalue weighted by Gasteiger charge is -2.41. The van der Waals surface area contributed by atoms with Crippen molar-refractivity contribution in [3.05, 3.63) is 35.4 Å². The number of fused-ring (bicyclic) bond motifs is 5. The summed E-state index contributed by atoms with van der Waals surface area (Å²) in [5.41, 5.74) is 4.48. The fraction of sp³-hybridized carbons (Fsp3) is 0.591. The van der Waals surface area contributed by atoms with Crippen LogP contribution in [0.5, 0.6) is 0 Å². The molecule has 0 N–H and O–H groups in total. The molecular weight excluding hydrogens is 306 g/mol. The third-order valence-electron chi connectivity index (χ3n) is 6.86. The van der Waals surface area contributed by atoms with Gasteiger partial charge in [-0.2, -0.15) is 0 Å². The molecular formula is C22H29N3. The average Bonchev–Trinajstić information content (AvgIpc) is 2.67. The number of likely N-dealkylation sites (N-methyl/N-ethyl adjacent to an activating group) is 1. The van der Waals surface area contributed by atoms with Gasteiger partial charge in [-0.05, 0) is 61.8 Å². The molecule has 1 saturated heterocycles. The highest BCUT2D eigenvalue weighted by atomic mass is 15.3. The van der Waals surface area contributed by atoms with Gasteiger partial charge in [0, 0.05) is 31.6 Å². The minimum absolute atomic E-state index is 0.775. The van der Waals surface area contributed by atoms with E-state index in [1.807, 2.05) is 0 Å². The average molecular weight is 335 g/mol. The first-order chi connectivity index (χ1) is 12.3. The second-order valence-electron chi connectivity index (χ2n) is 8.32. The zero-order valence-electron chi connectivity index (χ0n) is 15.4. The zero-order chi connectivity index (χ0) is 16.8. The monoisotopic (exact) mass is 335 g/mol. The Kier molecular flexibility index (Phi) is 3.93. The maximum absolute atomic E-state index is 5.18. The SMILES string of the molecule is CN1CCN(c2nc3ccccc3c3c2CC[C@@H]2CCCC[C@@H]32)CC1. The molecule has 2 heterocycles. The number of nitrogens with zero attached hydrogens (tertiary/aromatic N) is 3. The van der Waals surface area contributed by atoms with Gasteiger partial charge in [0.05, 0.1) is 5.52 Å². The summed E-state index contributed by atoms with van der Waals surface area (Å²) < 4.78 is 0. The Balaban J connectivity index is 1.67. The number of aromatic nitrogens is 1. The third-order valence-corrected chi connectivity index (χ3v) is 6.86. The van der Waals surface area contributed by atoms with Crippen molar-refractivity contribution in [2.45, 2.75) is 44.4 Å². The fourth-order valence-electron chi connectivity index (χ4n) is 5.48. The molecule has 1 aromatic heterocycles. The van der Waals surface area contributed by atoms with Gasteiger partial charge in [0.15, 0.2) is 0 Å². The first-order valence-corrected chi connectivity index (χ1v) is 10.2. The molecule has 3 aliphatic rings. The van der Waals surface area contributed by atoms with Crippen molar-refractivity contribution in [2.24, 2.45) is 5.92 Å². The molecule has 3 heteroatoms. The van der Waals surface area contributed by atoms with Crippen molar-refractivity contribution in [3.63, 3.8) is 0 Å². The highest BCUT2D eigenvalue weighted by Gasteiger charge is 2.35. The highest BCUT2D eigenvalue weighted by Crippen LogP contribution is 2.49. The largest absolute Gasteiger partial charge is 0.354 e.